The fourth-order valence-corrected chi connectivity index (χ4v) is 6.10. The number of allylic oxidation sites excluding steroid dienone is 2. The van der Waals surface area contributed by atoms with Crippen molar-refractivity contribution in [3.8, 4) is 0 Å². The van der Waals surface area contributed by atoms with Crippen LogP contribution in [0.5, 0.6) is 0 Å². The molecule has 0 aromatic heterocycles. The standard InChI is InChI=1S/C20H30Si/c1-6-8-14(2)17-13-20(21(3,4)5)19-12-16-10-7-9-15(16)11-18(17)19/h11-14,20H,6-10H2,1-5H3. The Labute approximate surface area is 131 Å². The van der Waals surface area contributed by atoms with Crippen molar-refractivity contribution in [3.63, 3.8) is 0 Å². The lowest BCUT2D eigenvalue weighted by molar-refractivity contribution is 0.650. The van der Waals surface area contributed by atoms with E-state index in [9.17, 15) is 0 Å². The lowest BCUT2D eigenvalue weighted by Crippen LogP contribution is -2.28. The fraction of sp³-hybridized carbons (Fsp3) is 0.600. The minimum atomic E-state index is -1.20. The SMILES string of the molecule is CCCC(C)C1=CC([Si](C)(C)C)c2cc3c(cc21)CCC3. The maximum atomic E-state index is 2.66. The molecule has 0 N–H and O–H groups in total. The molecular formula is C20H30Si. The molecular weight excluding hydrogens is 268 g/mol. The first kappa shape index (κ1) is 15.1. The molecule has 0 heterocycles. The number of rotatable bonds is 4. The van der Waals surface area contributed by atoms with Gasteiger partial charge in [-0.05, 0) is 65.0 Å². The van der Waals surface area contributed by atoms with E-state index in [1.54, 1.807) is 27.8 Å². The second-order valence-corrected chi connectivity index (χ2v) is 13.6. The zero-order chi connectivity index (χ0) is 15.2. The molecule has 0 nitrogen and oxygen atoms in total. The second-order valence-electron chi connectivity index (χ2n) is 8.22. The van der Waals surface area contributed by atoms with Crippen LogP contribution in [0.1, 0.15) is 60.9 Å². The summed E-state index contributed by atoms with van der Waals surface area (Å²) in [6.07, 6.45) is 9.24. The number of hydrogen-bond acceptors (Lipinski definition) is 0. The second kappa shape index (κ2) is 5.42. The van der Waals surface area contributed by atoms with Gasteiger partial charge in [0.1, 0.15) is 0 Å². The van der Waals surface area contributed by atoms with Gasteiger partial charge in [0.05, 0.1) is 8.07 Å². The van der Waals surface area contributed by atoms with Crippen LogP contribution in [0.4, 0.5) is 0 Å². The Hall–Kier alpha value is -0.823. The maximum absolute atomic E-state index is 2.66. The molecule has 21 heavy (non-hydrogen) atoms. The van der Waals surface area contributed by atoms with Crippen molar-refractivity contribution in [1.29, 1.82) is 0 Å². The minimum Gasteiger partial charge on any atom is -0.0756 e. The molecule has 1 heteroatoms. The van der Waals surface area contributed by atoms with Crippen LogP contribution in [-0.2, 0) is 12.8 Å². The van der Waals surface area contributed by atoms with E-state index in [4.69, 9.17) is 0 Å². The Bertz CT molecular complexity index is 574. The van der Waals surface area contributed by atoms with E-state index in [-0.39, 0.29) is 0 Å². The first-order chi connectivity index (χ1) is 9.91. The first-order valence-electron chi connectivity index (χ1n) is 8.79. The largest absolute Gasteiger partial charge is 0.0756 e. The highest BCUT2D eigenvalue weighted by Crippen LogP contribution is 2.46. The highest BCUT2D eigenvalue weighted by atomic mass is 28.3. The number of fused-ring (bicyclic) bond motifs is 2. The summed E-state index contributed by atoms with van der Waals surface area (Å²) in [5.74, 6) is 0.717. The van der Waals surface area contributed by atoms with Gasteiger partial charge in [0.25, 0.3) is 0 Å². The molecule has 0 radical (unpaired) electrons. The summed E-state index contributed by atoms with van der Waals surface area (Å²) < 4.78 is 0. The molecule has 114 valence electrons. The van der Waals surface area contributed by atoms with Crippen LogP contribution < -0.4 is 0 Å². The molecule has 2 aliphatic carbocycles. The minimum absolute atomic E-state index is 0.717. The molecule has 2 unspecified atom stereocenters. The summed E-state index contributed by atoms with van der Waals surface area (Å²) in [4.78, 5) is 0. The van der Waals surface area contributed by atoms with Crippen molar-refractivity contribution < 1.29 is 0 Å². The van der Waals surface area contributed by atoms with E-state index in [2.05, 4.69) is 51.7 Å². The van der Waals surface area contributed by atoms with E-state index >= 15 is 0 Å². The zero-order valence-electron chi connectivity index (χ0n) is 14.4. The molecule has 0 bridgehead atoms. The summed E-state index contributed by atoms with van der Waals surface area (Å²) in [6, 6.07) is 5.15. The quantitative estimate of drug-likeness (QED) is 0.601. The van der Waals surface area contributed by atoms with Gasteiger partial charge in [0.2, 0.25) is 0 Å². The van der Waals surface area contributed by atoms with Crippen molar-refractivity contribution in [2.75, 3.05) is 0 Å². The predicted octanol–water partition coefficient (Wildman–Crippen LogP) is 5.97. The van der Waals surface area contributed by atoms with Gasteiger partial charge in [0.15, 0.2) is 0 Å². The smallest absolute Gasteiger partial charge is 0.0566 e. The van der Waals surface area contributed by atoms with Crippen LogP contribution in [0.3, 0.4) is 0 Å². The third-order valence-electron chi connectivity index (χ3n) is 5.44. The van der Waals surface area contributed by atoms with Crippen LogP contribution in [0, 0.1) is 5.92 Å². The van der Waals surface area contributed by atoms with Gasteiger partial charge in [-0.3, -0.25) is 0 Å². The van der Waals surface area contributed by atoms with Crippen LogP contribution in [0.25, 0.3) is 5.57 Å². The highest BCUT2D eigenvalue weighted by molar-refractivity contribution is 6.78. The molecule has 2 aliphatic rings. The summed E-state index contributed by atoms with van der Waals surface area (Å²) in [5, 5.41) is 0. The van der Waals surface area contributed by atoms with Gasteiger partial charge in [0, 0.05) is 0 Å². The summed E-state index contributed by atoms with van der Waals surface area (Å²) in [6.45, 7) is 12.3. The van der Waals surface area contributed by atoms with Crippen molar-refractivity contribution in [2.24, 2.45) is 5.92 Å². The van der Waals surface area contributed by atoms with Gasteiger partial charge in [-0.2, -0.15) is 0 Å². The molecule has 0 fully saturated rings. The highest BCUT2D eigenvalue weighted by Gasteiger charge is 2.35. The Morgan fingerprint density at radius 1 is 1.14 bits per heavy atom. The van der Waals surface area contributed by atoms with Crippen molar-refractivity contribution >= 4 is 13.6 Å². The van der Waals surface area contributed by atoms with Gasteiger partial charge in [-0.15, -0.1) is 0 Å². The lowest BCUT2D eigenvalue weighted by Gasteiger charge is -2.25. The van der Waals surface area contributed by atoms with Crippen LogP contribution in [0.15, 0.2) is 18.2 Å². The van der Waals surface area contributed by atoms with Crippen LogP contribution >= 0.6 is 0 Å². The average Bonchev–Trinajstić information content (AvgIpc) is 2.98. The number of hydrogen-bond donors (Lipinski definition) is 0. The van der Waals surface area contributed by atoms with E-state index in [0.29, 0.717) is 0 Å². The lowest BCUT2D eigenvalue weighted by atomic mass is 9.90. The van der Waals surface area contributed by atoms with E-state index in [0.717, 1.165) is 11.5 Å². The van der Waals surface area contributed by atoms with Crippen LogP contribution in [-0.4, -0.2) is 8.07 Å². The van der Waals surface area contributed by atoms with Gasteiger partial charge < -0.3 is 0 Å². The van der Waals surface area contributed by atoms with E-state index in [1.807, 2.05) is 0 Å². The van der Waals surface area contributed by atoms with Gasteiger partial charge in [-0.25, -0.2) is 0 Å². The fourth-order valence-electron chi connectivity index (χ4n) is 4.24. The van der Waals surface area contributed by atoms with Crippen molar-refractivity contribution in [2.45, 2.75) is 71.1 Å². The predicted molar refractivity (Wildman–Crippen MR) is 96.6 cm³/mol. The molecule has 0 amide bonds. The molecule has 1 aromatic carbocycles. The third kappa shape index (κ3) is 2.65. The summed E-state index contributed by atoms with van der Waals surface area (Å²) in [7, 11) is -1.20. The Morgan fingerprint density at radius 2 is 1.81 bits per heavy atom. The Morgan fingerprint density at radius 3 is 2.43 bits per heavy atom. The van der Waals surface area contributed by atoms with Crippen LogP contribution in [0.2, 0.25) is 19.6 Å². The van der Waals surface area contributed by atoms with Crippen molar-refractivity contribution in [1.82, 2.24) is 0 Å². The molecule has 0 saturated carbocycles. The Balaban J connectivity index is 2.09. The van der Waals surface area contributed by atoms with E-state index < -0.39 is 8.07 Å². The number of benzene rings is 1. The molecule has 1 aromatic rings. The summed E-state index contributed by atoms with van der Waals surface area (Å²) in [5.41, 5.74) is 8.97. The molecule has 0 saturated heterocycles. The van der Waals surface area contributed by atoms with Gasteiger partial charge in [-0.1, -0.05) is 58.1 Å². The summed E-state index contributed by atoms with van der Waals surface area (Å²) >= 11 is 0. The molecule has 3 rings (SSSR count). The van der Waals surface area contributed by atoms with Crippen molar-refractivity contribution in [3.05, 3.63) is 40.5 Å². The monoisotopic (exact) mass is 298 g/mol. The molecule has 2 atom stereocenters. The Kier molecular flexibility index (Phi) is 3.90. The first-order valence-corrected chi connectivity index (χ1v) is 12.4. The molecule has 0 spiro atoms. The third-order valence-corrected chi connectivity index (χ3v) is 7.79. The maximum Gasteiger partial charge on any atom is 0.0566 e. The zero-order valence-corrected chi connectivity index (χ0v) is 15.4. The van der Waals surface area contributed by atoms with Gasteiger partial charge >= 0.3 is 0 Å². The average molecular weight is 299 g/mol. The van der Waals surface area contributed by atoms with E-state index in [1.165, 1.54) is 32.1 Å². The molecule has 0 aliphatic heterocycles. The topological polar surface area (TPSA) is 0 Å². The number of aryl methyl sites for hydroxylation is 2. The normalized spacial score (nSPS) is 22.0.